The Hall–Kier alpha value is -3.73. The first-order chi connectivity index (χ1) is 15.3. The third-order valence-corrected chi connectivity index (χ3v) is 5.20. The highest BCUT2D eigenvalue weighted by Crippen LogP contribution is 2.30. The molecule has 4 aromatic rings. The van der Waals surface area contributed by atoms with E-state index in [1.165, 1.54) is 17.7 Å². The summed E-state index contributed by atoms with van der Waals surface area (Å²) in [7, 11) is 0. The molecule has 0 aliphatic rings. The number of halogens is 1. The van der Waals surface area contributed by atoms with Gasteiger partial charge in [0.2, 0.25) is 0 Å². The molecule has 1 heterocycles. The highest BCUT2D eigenvalue weighted by Gasteiger charge is 2.25. The second-order valence-corrected chi connectivity index (χ2v) is 8.81. The lowest BCUT2D eigenvalue weighted by molar-refractivity contribution is 0.102. The van der Waals surface area contributed by atoms with E-state index in [2.05, 4.69) is 22.5 Å². The zero-order chi connectivity index (χ0) is 22.7. The molecule has 1 aromatic heterocycles. The van der Waals surface area contributed by atoms with Gasteiger partial charge in [0.25, 0.3) is 5.91 Å². The molecule has 0 unspecified atom stereocenters. The monoisotopic (exact) mass is 427 g/mol. The van der Waals surface area contributed by atoms with Gasteiger partial charge in [0, 0.05) is 11.3 Å². The minimum Gasteiger partial charge on any atom is -0.322 e. The first-order valence-corrected chi connectivity index (χ1v) is 10.6. The number of hydrogen-bond acceptors (Lipinski definition) is 2. The lowest BCUT2D eigenvalue weighted by Crippen LogP contribution is -2.24. The number of carbonyl (C=O) groups excluding carboxylic acids is 1. The van der Waals surface area contributed by atoms with Crippen molar-refractivity contribution >= 4 is 11.6 Å². The number of hydrogen-bond donors (Lipinski definition) is 1. The van der Waals surface area contributed by atoms with Crippen molar-refractivity contribution in [1.82, 2.24) is 9.78 Å². The van der Waals surface area contributed by atoms with E-state index >= 15 is 0 Å². The van der Waals surface area contributed by atoms with Gasteiger partial charge in [-0.15, -0.1) is 0 Å². The van der Waals surface area contributed by atoms with E-state index in [1.807, 2.05) is 63.2 Å². The molecule has 0 spiro atoms. The summed E-state index contributed by atoms with van der Waals surface area (Å²) < 4.78 is 15.3. The molecular formula is C27H26FN3O. The van der Waals surface area contributed by atoms with Gasteiger partial charge in [0.15, 0.2) is 0 Å². The molecule has 0 aliphatic heterocycles. The molecule has 0 atom stereocenters. The molecule has 4 nitrogen and oxygen atoms in total. The second kappa shape index (κ2) is 8.79. The predicted octanol–water partition coefficient (Wildman–Crippen LogP) is 6.29. The van der Waals surface area contributed by atoms with Crippen LogP contribution in [0, 0.1) is 5.82 Å². The minimum absolute atomic E-state index is 0.253. The van der Waals surface area contributed by atoms with Crippen LogP contribution in [0.1, 0.15) is 42.3 Å². The first kappa shape index (κ1) is 21.5. The number of benzene rings is 3. The zero-order valence-corrected chi connectivity index (χ0v) is 18.5. The Morgan fingerprint density at radius 1 is 0.938 bits per heavy atom. The van der Waals surface area contributed by atoms with Crippen LogP contribution in [0.5, 0.6) is 0 Å². The van der Waals surface area contributed by atoms with Gasteiger partial charge in [0.05, 0.1) is 23.0 Å². The van der Waals surface area contributed by atoms with E-state index in [-0.39, 0.29) is 17.3 Å². The van der Waals surface area contributed by atoms with Crippen LogP contribution >= 0.6 is 0 Å². The summed E-state index contributed by atoms with van der Waals surface area (Å²) >= 11 is 0. The highest BCUT2D eigenvalue weighted by molar-refractivity contribution is 6.08. The van der Waals surface area contributed by atoms with Crippen molar-refractivity contribution in [2.75, 3.05) is 5.32 Å². The molecule has 32 heavy (non-hydrogen) atoms. The molecule has 4 rings (SSSR count). The maximum atomic E-state index is 13.5. The number of carbonyl (C=O) groups is 1. The summed E-state index contributed by atoms with van der Waals surface area (Å²) in [5, 5.41) is 7.49. The normalized spacial score (nSPS) is 11.4. The van der Waals surface area contributed by atoms with E-state index in [0.717, 1.165) is 23.2 Å². The Morgan fingerprint density at radius 3 is 2.31 bits per heavy atom. The van der Waals surface area contributed by atoms with Crippen LogP contribution < -0.4 is 5.32 Å². The van der Waals surface area contributed by atoms with E-state index < -0.39 is 0 Å². The highest BCUT2D eigenvalue weighted by atomic mass is 19.1. The molecule has 0 saturated carbocycles. The fraction of sp³-hybridized carbons (Fsp3) is 0.185. The van der Waals surface area contributed by atoms with Gasteiger partial charge in [-0.3, -0.25) is 9.48 Å². The quantitative estimate of drug-likeness (QED) is 0.407. The van der Waals surface area contributed by atoms with Crippen LogP contribution in [0.2, 0.25) is 0 Å². The van der Waals surface area contributed by atoms with Gasteiger partial charge in [-0.2, -0.15) is 5.10 Å². The lowest BCUT2D eigenvalue weighted by Gasteiger charge is -2.23. The Morgan fingerprint density at radius 2 is 1.62 bits per heavy atom. The van der Waals surface area contributed by atoms with E-state index in [0.29, 0.717) is 11.3 Å². The number of nitrogens with zero attached hydrogens (tertiary/aromatic N) is 2. The van der Waals surface area contributed by atoms with E-state index in [4.69, 9.17) is 0 Å². The summed E-state index contributed by atoms with van der Waals surface area (Å²) in [6.07, 6.45) is 2.36. The zero-order valence-electron chi connectivity index (χ0n) is 18.5. The van der Waals surface area contributed by atoms with Crippen molar-refractivity contribution in [1.29, 1.82) is 0 Å². The van der Waals surface area contributed by atoms with Gasteiger partial charge < -0.3 is 5.32 Å². The SMILES string of the molecule is CC(C)(C)n1ncc(C(=O)Nc2cccc(Cc3ccccc3)c2)c1-c1ccc(F)cc1. The Balaban J connectivity index is 1.63. The number of nitrogens with one attached hydrogen (secondary N) is 1. The fourth-order valence-corrected chi connectivity index (χ4v) is 3.70. The molecule has 0 radical (unpaired) electrons. The summed E-state index contributed by atoms with van der Waals surface area (Å²) in [5.74, 6) is -0.575. The topological polar surface area (TPSA) is 46.9 Å². The summed E-state index contributed by atoms with van der Waals surface area (Å²) in [6.45, 7) is 6.05. The standard InChI is InChI=1S/C27H26FN3O/c1-27(2,3)31-25(21-12-14-22(28)15-13-21)24(18-29-31)26(32)30-23-11-7-10-20(17-23)16-19-8-5-4-6-9-19/h4-15,17-18H,16H2,1-3H3,(H,30,32). The molecule has 0 saturated heterocycles. The summed E-state index contributed by atoms with van der Waals surface area (Å²) in [5.41, 5.74) is 4.53. The van der Waals surface area contributed by atoms with Gasteiger partial charge >= 0.3 is 0 Å². The smallest absolute Gasteiger partial charge is 0.259 e. The maximum absolute atomic E-state index is 13.5. The van der Waals surface area contributed by atoms with Crippen molar-refractivity contribution in [3.63, 3.8) is 0 Å². The molecule has 0 bridgehead atoms. The number of amides is 1. The molecular weight excluding hydrogens is 401 g/mol. The largest absolute Gasteiger partial charge is 0.322 e. The molecule has 3 aromatic carbocycles. The molecule has 0 fully saturated rings. The van der Waals surface area contributed by atoms with Crippen LogP contribution in [-0.4, -0.2) is 15.7 Å². The van der Waals surface area contributed by atoms with Crippen molar-refractivity contribution < 1.29 is 9.18 Å². The lowest BCUT2D eigenvalue weighted by atomic mass is 10.0. The molecule has 1 N–H and O–H groups in total. The molecule has 1 amide bonds. The van der Waals surface area contributed by atoms with Crippen LogP contribution in [0.3, 0.4) is 0 Å². The van der Waals surface area contributed by atoms with Crippen molar-refractivity contribution in [2.24, 2.45) is 0 Å². The fourth-order valence-electron chi connectivity index (χ4n) is 3.70. The van der Waals surface area contributed by atoms with Gasteiger partial charge in [0.1, 0.15) is 5.82 Å². The molecule has 0 aliphatic carbocycles. The number of rotatable bonds is 5. The van der Waals surface area contributed by atoms with Crippen molar-refractivity contribution in [3.8, 4) is 11.3 Å². The summed E-state index contributed by atoms with van der Waals surface area (Å²) in [4.78, 5) is 13.2. The van der Waals surface area contributed by atoms with Gasteiger partial charge in [-0.1, -0.05) is 42.5 Å². The van der Waals surface area contributed by atoms with Crippen LogP contribution in [0.4, 0.5) is 10.1 Å². The first-order valence-electron chi connectivity index (χ1n) is 10.6. The Bertz CT molecular complexity index is 1220. The number of anilines is 1. The molecule has 162 valence electrons. The van der Waals surface area contributed by atoms with E-state index in [9.17, 15) is 9.18 Å². The van der Waals surface area contributed by atoms with Crippen LogP contribution in [0.25, 0.3) is 11.3 Å². The van der Waals surface area contributed by atoms with Crippen molar-refractivity contribution in [2.45, 2.75) is 32.7 Å². The third-order valence-electron chi connectivity index (χ3n) is 5.20. The second-order valence-electron chi connectivity index (χ2n) is 8.81. The van der Waals surface area contributed by atoms with Gasteiger partial charge in [-0.05, 0) is 74.7 Å². The Labute approximate surface area is 187 Å². The van der Waals surface area contributed by atoms with Crippen LogP contribution in [0.15, 0.2) is 85.1 Å². The average molecular weight is 428 g/mol. The maximum Gasteiger partial charge on any atom is 0.259 e. The minimum atomic E-state index is -0.349. The predicted molar refractivity (Wildman–Crippen MR) is 126 cm³/mol. The van der Waals surface area contributed by atoms with Crippen LogP contribution in [-0.2, 0) is 12.0 Å². The summed E-state index contributed by atoms with van der Waals surface area (Å²) in [6, 6.07) is 24.2. The van der Waals surface area contributed by atoms with Crippen molar-refractivity contribution in [3.05, 3.63) is 108 Å². The van der Waals surface area contributed by atoms with E-state index in [1.54, 1.807) is 23.0 Å². The Kier molecular flexibility index (Phi) is 5.91. The third kappa shape index (κ3) is 4.78. The average Bonchev–Trinajstić information content (AvgIpc) is 3.21. The van der Waals surface area contributed by atoms with Gasteiger partial charge in [-0.25, -0.2) is 4.39 Å². The molecule has 5 heteroatoms. The number of aromatic nitrogens is 2.